The molecule has 1 aromatic carbocycles. The van der Waals surface area contributed by atoms with Crippen molar-refractivity contribution in [2.24, 2.45) is 5.10 Å². The lowest BCUT2D eigenvalue weighted by Gasteiger charge is -2.02. The highest BCUT2D eigenvalue weighted by Crippen LogP contribution is 2.13. The number of nitrogens with one attached hydrogen (secondary N) is 1. The van der Waals surface area contributed by atoms with E-state index in [2.05, 4.69) is 14.9 Å². The molecule has 0 unspecified atom stereocenters. The summed E-state index contributed by atoms with van der Waals surface area (Å²) in [5, 5.41) is 4.16. The van der Waals surface area contributed by atoms with Crippen LogP contribution in [-0.4, -0.2) is 19.6 Å². The highest BCUT2D eigenvalue weighted by Gasteiger charge is 2.11. The lowest BCUT2D eigenvalue weighted by molar-refractivity contribution is 0.584. The number of rotatable bonds is 4. The van der Waals surface area contributed by atoms with Crippen LogP contribution in [0.15, 0.2) is 58.8 Å². The van der Waals surface area contributed by atoms with Crippen molar-refractivity contribution in [3.05, 3.63) is 59.4 Å². The Morgan fingerprint density at radius 3 is 2.30 bits per heavy atom. The maximum absolute atomic E-state index is 11.9. The Morgan fingerprint density at radius 2 is 1.70 bits per heavy atom. The first-order valence-electron chi connectivity index (χ1n) is 5.28. The molecule has 1 N–H and O–H groups in total. The minimum Gasteiger partial charge on any atom is -0.265 e. The number of hydrogen-bond acceptors (Lipinski definition) is 4. The molecule has 0 atom stereocenters. The average molecular weight is 332 g/mol. The van der Waals surface area contributed by atoms with Crippen molar-refractivity contribution < 1.29 is 8.42 Å². The van der Waals surface area contributed by atoms with Gasteiger partial charge in [0.25, 0.3) is 10.0 Å². The molecule has 0 bridgehead atoms. The van der Waals surface area contributed by atoms with Gasteiger partial charge in [0.05, 0.1) is 11.1 Å². The Hall–Kier alpha value is -1.63. The minimum atomic E-state index is -3.67. The summed E-state index contributed by atoms with van der Waals surface area (Å²) in [4.78, 5) is 6.07. The molecule has 20 heavy (non-hydrogen) atoms. The van der Waals surface area contributed by atoms with Crippen LogP contribution in [0.4, 0.5) is 0 Å². The average Bonchev–Trinajstić information content (AvgIpc) is 2.40. The van der Waals surface area contributed by atoms with E-state index in [-0.39, 0.29) is 17.3 Å². The first kappa shape index (κ1) is 16.4. The fourth-order valence-electron chi connectivity index (χ4n) is 1.29. The molecule has 0 fully saturated rings. The van der Waals surface area contributed by atoms with Crippen molar-refractivity contribution in [3.63, 3.8) is 0 Å². The molecule has 1 heterocycles. The highest BCUT2D eigenvalue weighted by molar-refractivity contribution is 7.89. The largest absolute Gasteiger partial charge is 0.276 e. The Bertz CT molecular complexity index is 674. The van der Waals surface area contributed by atoms with Gasteiger partial charge in [0.2, 0.25) is 0 Å². The number of halogens is 2. The molecular formula is C12H11Cl2N3O2S. The molecule has 0 aliphatic carbocycles. The predicted octanol–water partition coefficient (Wildman–Crippen LogP) is 2.47. The topological polar surface area (TPSA) is 71.4 Å². The van der Waals surface area contributed by atoms with Gasteiger partial charge in [-0.1, -0.05) is 11.6 Å². The molecule has 2 rings (SSSR count). The molecule has 0 aliphatic rings. The van der Waals surface area contributed by atoms with Crippen LogP contribution >= 0.6 is 24.0 Å². The predicted molar refractivity (Wildman–Crippen MR) is 80.9 cm³/mol. The van der Waals surface area contributed by atoms with Gasteiger partial charge >= 0.3 is 0 Å². The van der Waals surface area contributed by atoms with Crippen molar-refractivity contribution in [1.82, 2.24) is 9.82 Å². The molecule has 0 radical (unpaired) electrons. The summed E-state index contributed by atoms with van der Waals surface area (Å²) in [6, 6.07) is 9.24. The summed E-state index contributed by atoms with van der Waals surface area (Å²) in [5.41, 5.74) is 0.744. The maximum atomic E-state index is 11.9. The molecular weight excluding hydrogens is 321 g/mol. The number of aromatic nitrogens is 1. The van der Waals surface area contributed by atoms with Crippen molar-refractivity contribution in [1.29, 1.82) is 0 Å². The van der Waals surface area contributed by atoms with Gasteiger partial charge in [0, 0.05) is 17.4 Å². The lowest BCUT2D eigenvalue weighted by Crippen LogP contribution is -2.18. The molecule has 0 aliphatic heterocycles. The van der Waals surface area contributed by atoms with Crippen molar-refractivity contribution >= 4 is 40.2 Å². The lowest BCUT2D eigenvalue weighted by atomic mass is 10.3. The van der Waals surface area contributed by atoms with E-state index in [1.165, 1.54) is 30.5 Å². The molecule has 0 amide bonds. The Morgan fingerprint density at radius 1 is 1.10 bits per heavy atom. The van der Waals surface area contributed by atoms with Crippen LogP contribution in [0.1, 0.15) is 5.56 Å². The SMILES string of the molecule is Cl.O=S(=O)(N/N=C/c1ccncc1)c1ccc(Cl)cc1. The van der Waals surface area contributed by atoms with E-state index in [1.54, 1.807) is 24.5 Å². The third kappa shape index (κ3) is 4.48. The van der Waals surface area contributed by atoms with E-state index in [0.29, 0.717) is 5.02 Å². The number of hydrogen-bond donors (Lipinski definition) is 1. The van der Waals surface area contributed by atoms with Gasteiger partial charge < -0.3 is 0 Å². The van der Waals surface area contributed by atoms with Gasteiger partial charge in [-0.3, -0.25) is 4.98 Å². The van der Waals surface area contributed by atoms with Gasteiger partial charge in [-0.15, -0.1) is 12.4 Å². The van der Waals surface area contributed by atoms with E-state index in [0.717, 1.165) is 5.56 Å². The van der Waals surface area contributed by atoms with Gasteiger partial charge in [-0.05, 0) is 42.0 Å². The fraction of sp³-hybridized carbons (Fsp3) is 0. The first-order valence-corrected chi connectivity index (χ1v) is 7.14. The summed E-state index contributed by atoms with van der Waals surface area (Å²) >= 11 is 5.70. The molecule has 0 saturated heterocycles. The second-order valence-electron chi connectivity index (χ2n) is 3.59. The quantitative estimate of drug-likeness (QED) is 0.691. The molecule has 0 saturated carbocycles. The van der Waals surface area contributed by atoms with E-state index in [4.69, 9.17) is 11.6 Å². The molecule has 5 nitrogen and oxygen atoms in total. The van der Waals surface area contributed by atoms with Crippen LogP contribution in [0.25, 0.3) is 0 Å². The van der Waals surface area contributed by atoms with Crippen LogP contribution in [0, 0.1) is 0 Å². The van der Waals surface area contributed by atoms with E-state index < -0.39 is 10.0 Å². The molecule has 1 aromatic heterocycles. The van der Waals surface area contributed by atoms with Crippen LogP contribution in [-0.2, 0) is 10.0 Å². The third-order valence-electron chi connectivity index (χ3n) is 2.22. The maximum Gasteiger partial charge on any atom is 0.276 e. The summed E-state index contributed by atoms with van der Waals surface area (Å²) in [7, 11) is -3.67. The number of nitrogens with zero attached hydrogens (tertiary/aromatic N) is 2. The zero-order valence-corrected chi connectivity index (χ0v) is 12.5. The summed E-state index contributed by atoms with van der Waals surface area (Å²) < 4.78 is 23.7. The van der Waals surface area contributed by atoms with Gasteiger partial charge in [-0.2, -0.15) is 13.5 Å². The fourth-order valence-corrected chi connectivity index (χ4v) is 2.20. The van der Waals surface area contributed by atoms with Gasteiger partial charge in [0.15, 0.2) is 0 Å². The summed E-state index contributed by atoms with van der Waals surface area (Å²) in [5.74, 6) is 0. The summed E-state index contributed by atoms with van der Waals surface area (Å²) in [6.45, 7) is 0. The normalized spacial score (nSPS) is 11.1. The molecule has 8 heteroatoms. The second kappa shape index (κ2) is 7.23. The van der Waals surface area contributed by atoms with Crippen LogP contribution in [0.5, 0.6) is 0 Å². The highest BCUT2D eigenvalue weighted by atomic mass is 35.5. The number of pyridine rings is 1. The smallest absolute Gasteiger partial charge is 0.265 e. The minimum absolute atomic E-state index is 0. The van der Waals surface area contributed by atoms with Crippen molar-refractivity contribution in [3.8, 4) is 0 Å². The number of hydrazone groups is 1. The van der Waals surface area contributed by atoms with E-state index in [1.807, 2.05) is 0 Å². The van der Waals surface area contributed by atoms with Crippen LogP contribution in [0.2, 0.25) is 5.02 Å². The van der Waals surface area contributed by atoms with E-state index >= 15 is 0 Å². The zero-order valence-electron chi connectivity index (χ0n) is 10.1. The van der Waals surface area contributed by atoms with E-state index in [9.17, 15) is 8.42 Å². The Kier molecular flexibility index (Phi) is 5.94. The molecule has 106 valence electrons. The second-order valence-corrected chi connectivity index (χ2v) is 5.68. The van der Waals surface area contributed by atoms with Gasteiger partial charge in [-0.25, -0.2) is 4.83 Å². The third-order valence-corrected chi connectivity index (χ3v) is 3.71. The zero-order chi connectivity index (χ0) is 13.7. The Labute approximate surface area is 128 Å². The standard InChI is InChI=1S/C12H10ClN3O2S.ClH/c13-11-1-3-12(4-2-11)19(17,18)16-15-9-10-5-7-14-8-6-10;/h1-9,16H;1H/b15-9+;. The van der Waals surface area contributed by atoms with Crippen LogP contribution in [0.3, 0.4) is 0 Å². The van der Waals surface area contributed by atoms with Crippen LogP contribution < -0.4 is 4.83 Å². The summed E-state index contributed by atoms with van der Waals surface area (Å²) in [6.07, 6.45) is 4.58. The number of benzene rings is 1. The Balaban J connectivity index is 0.00000200. The molecule has 2 aromatic rings. The first-order chi connectivity index (χ1) is 9.08. The van der Waals surface area contributed by atoms with Crippen molar-refractivity contribution in [2.75, 3.05) is 0 Å². The van der Waals surface area contributed by atoms with Gasteiger partial charge in [0.1, 0.15) is 0 Å². The monoisotopic (exact) mass is 331 g/mol. The number of sulfonamides is 1. The molecule has 0 spiro atoms. The van der Waals surface area contributed by atoms with Crippen molar-refractivity contribution in [2.45, 2.75) is 4.90 Å².